The molecular weight excluding hydrogens is 524 g/mol. The van der Waals surface area contributed by atoms with Crippen LogP contribution in [0.3, 0.4) is 0 Å². The van der Waals surface area contributed by atoms with Gasteiger partial charge in [-0.2, -0.15) is 0 Å². The molecule has 0 aromatic heterocycles. The quantitative estimate of drug-likeness (QED) is 0.223. The van der Waals surface area contributed by atoms with Gasteiger partial charge in [0.05, 0.1) is 57.9 Å². The van der Waals surface area contributed by atoms with Crippen LogP contribution in [0.4, 0.5) is 11.4 Å². The minimum Gasteiger partial charge on any atom is -0.497 e. The second-order valence-electron chi connectivity index (χ2n) is 7.88. The van der Waals surface area contributed by atoms with E-state index in [1.807, 2.05) is 0 Å². The van der Waals surface area contributed by atoms with E-state index >= 15 is 0 Å². The summed E-state index contributed by atoms with van der Waals surface area (Å²) in [6.45, 7) is 0. The standard InChI is InChI=1S/C28H30N2O8S/c1-34-21-9-6-19(7-10-21)25(31)12-14-29-24-16-20(8-11-26(24)36-3)30-39(32,33)15-13-23-27(37-4)17-22(35-2)18-28(23)38-5/h6-18,29-30H,1-5H3/b14-12+,15-13+. The lowest BCUT2D eigenvalue weighted by molar-refractivity contribution is 0.104. The summed E-state index contributed by atoms with van der Waals surface area (Å²) in [5.74, 6) is 2.13. The second-order valence-corrected chi connectivity index (χ2v) is 9.45. The zero-order valence-electron chi connectivity index (χ0n) is 22.2. The topological polar surface area (TPSA) is 121 Å². The third-order valence-electron chi connectivity index (χ3n) is 5.47. The van der Waals surface area contributed by atoms with Crippen molar-refractivity contribution in [2.24, 2.45) is 0 Å². The Labute approximate surface area is 227 Å². The molecule has 0 aliphatic carbocycles. The van der Waals surface area contributed by atoms with E-state index in [0.29, 0.717) is 45.6 Å². The fourth-order valence-electron chi connectivity index (χ4n) is 3.50. The van der Waals surface area contributed by atoms with Gasteiger partial charge in [-0.25, -0.2) is 8.42 Å². The average Bonchev–Trinajstić information content (AvgIpc) is 2.95. The summed E-state index contributed by atoms with van der Waals surface area (Å²) in [7, 11) is 3.52. The maximum atomic E-state index is 12.8. The zero-order chi connectivity index (χ0) is 28.4. The molecule has 3 aromatic carbocycles. The molecule has 206 valence electrons. The molecule has 39 heavy (non-hydrogen) atoms. The summed E-state index contributed by atoms with van der Waals surface area (Å²) in [6, 6.07) is 14.6. The molecular formula is C28H30N2O8S. The Morgan fingerprint density at radius 3 is 1.92 bits per heavy atom. The molecule has 0 bridgehead atoms. The lowest BCUT2D eigenvalue weighted by atomic mass is 10.1. The number of methoxy groups -OCH3 is 5. The van der Waals surface area contributed by atoms with Crippen molar-refractivity contribution in [2.75, 3.05) is 45.6 Å². The number of ketones is 1. The van der Waals surface area contributed by atoms with Crippen molar-refractivity contribution in [3.8, 4) is 28.7 Å². The van der Waals surface area contributed by atoms with Crippen molar-refractivity contribution in [1.82, 2.24) is 0 Å². The van der Waals surface area contributed by atoms with Gasteiger partial charge in [-0.3, -0.25) is 9.52 Å². The van der Waals surface area contributed by atoms with E-state index in [2.05, 4.69) is 10.0 Å². The Kier molecular flexibility index (Phi) is 9.82. The third-order valence-corrected chi connectivity index (χ3v) is 6.49. The number of ether oxygens (including phenoxy) is 5. The van der Waals surface area contributed by atoms with Gasteiger partial charge in [-0.1, -0.05) is 0 Å². The largest absolute Gasteiger partial charge is 0.497 e. The van der Waals surface area contributed by atoms with Gasteiger partial charge in [0.15, 0.2) is 5.78 Å². The molecule has 0 unspecified atom stereocenters. The number of allylic oxidation sites excluding steroid dienone is 1. The molecule has 0 heterocycles. The molecule has 0 aliphatic rings. The number of nitrogens with one attached hydrogen (secondary N) is 2. The number of anilines is 2. The van der Waals surface area contributed by atoms with Crippen LogP contribution in [-0.4, -0.2) is 49.8 Å². The number of sulfonamides is 1. The van der Waals surface area contributed by atoms with E-state index in [1.54, 1.807) is 61.7 Å². The van der Waals surface area contributed by atoms with Crippen LogP contribution < -0.4 is 33.7 Å². The number of benzene rings is 3. The van der Waals surface area contributed by atoms with Gasteiger partial charge in [-0.15, -0.1) is 0 Å². The van der Waals surface area contributed by atoms with Crippen LogP contribution in [0.15, 0.2) is 72.3 Å². The summed E-state index contributed by atoms with van der Waals surface area (Å²) in [5, 5.41) is 3.97. The molecule has 0 radical (unpaired) electrons. The van der Waals surface area contributed by atoms with Crippen molar-refractivity contribution >= 4 is 33.3 Å². The van der Waals surface area contributed by atoms with Crippen molar-refractivity contribution in [3.63, 3.8) is 0 Å². The fraction of sp³-hybridized carbons (Fsp3) is 0.179. The van der Waals surface area contributed by atoms with Crippen LogP contribution in [0.1, 0.15) is 15.9 Å². The van der Waals surface area contributed by atoms with Crippen molar-refractivity contribution in [2.45, 2.75) is 0 Å². The molecule has 3 rings (SSSR count). The first-order valence-corrected chi connectivity index (χ1v) is 13.1. The van der Waals surface area contributed by atoms with Gasteiger partial charge in [0.25, 0.3) is 10.0 Å². The van der Waals surface area contributed by atoms with Crippen LogP contribution in [0.25, 0.3) is 6.08 Å². The normalized spacial score (nSPS) is 11.3. The van der Waals surface area contributed by atoms with Crippen LogP contribution in [0, 0.1) is 0 Å². The Bertz CT molecular complexity index is 1440. The van der Waals surface area contributed by atoms with E-state index < -0.39 is 10.0 Å². The molecule has 10 nitrogen and oxygen atoms in total. The lowest BCUT2D eigenvalue weighted by Crippen LogP contribution is -2.09. The molecule has 0 saturated carbocycles. The van der Waals surface area contributed by atoms with Crippen molar-refractivity contribution < 1.29 is 36.9 Å². The van der Waals surface area contributed by atoms with Crippen LogP contribution in [0.5, 0.6) is 28.7 Å². The minimum atomic E-state index is -3.93. The molecule has 0 aliphatic heterocycles. The van der Waals surface area contributed by atoms with Crippen LogP contribution in [-0.2, 0) is 10.0 Å². The van der Waals surface area contributed by atoms with E-state index in [9.17, 15) is 13.2 Å². The molecule has 0 atom stereocenters. The Morgan fingerprint density at radius 1 is 0.744 bits per heavy atom. The van der Waals surface area contributed by atoms with Crippen LogP contribution >= 0.6 is 0 Å². The monoisotopic (exact) mass is 554 g/mol. The lowest BCUT2D eigenvalue weighted by Gasteiger charge is -2.13. The molecule has 0 fully saturated rings. The van der Waals surface area contributed by atoms with Gasteiger partial charge in [0.1, 0.15) is 28.7 Å². The second kappa shape index (κ2) is 13.2. The predicted octanol–water partition coefficient (Wildman–Crippen LogP) is 4.95. The minimum absolute atomic E-state index is 0.226. The summed E-state index contributed by atoms with van der Waals surface area (Å²) in [5.41, 5.74) is 1.62. The summed E-state index contributed by atoms with van der Waals surface area (Å²) in [6.07, 6.45) is 4.18. The molecule has 0 saturated heterocycles. The summed E-state index contributed by atoms with van der Waals surface area (Å²) >= 11 is 0. The molecule has 11 heteroatoms. The SMILES string of the molecule is COc1ccc(C(=O)/C=C/Nc2cc(NS(=O)(=O)/C=C/c3c(OC)cc(OC)cc3OC)ccc2OC)cc1. The first-order valence-electron chi connectivity index (χ1n) is 11.5. The first kappa shape index (κ1) is 28.9. The molecule has 0 amide bonds. The van der Waals surface area contributed by atoms with Gasteiger partial charge >= 0.3 is 0 Å². The fourth-order valence-corrected chi connectivity index (χ4v) is 4.33. The maximum absolute atomic E-state index is 12.8. The Hall–Kier alpha value is -4.64. The predicted molar refractivity (Wildman–Crippen MR) is 151 cm³/mol. The summed E-state index contributed by atoms with van der Waals surface area (Å²) in [4.78, 5) is 12.4. The van der Waals surface area contributed by atoms with Gasteiger partial charge in [0, 0.05) is 30.0 Å². The average molecular weight is 555 g/mol. The highest BCUT2D eigenvalue weighted by Crippen LogP contribution is 2.35. The number of hydrogen-bond donors (Lipinski definition) is 2. The maximum Gasteiger partial charge on any atom is 0.255 e. The number of carbonyl (C=O) groups is 1. The highest BCUT2D eigenvalue weighted by Gasteiger charge is 2.14. The van der Waals surface area contributed by atoms with Gasteiger partial charge < -0.3 is 29.0 Å². The molecule has 0 spiro atoms. The highest BCUT2D eigenvalue weighted by atomic mass is 32.2. The third kappa shape index (κ3) is 7.68. The van der Waals surface area contributed by atoms with E-state index in [1.165, 1.54) is 46.8 Å². The number of hydrogen-bond acceptors (Lipinski definition) is 9. The Morgan fingerprint density at radius 2 is 1.36 bits per heavy atom. The number of rotatable bonds is 13. The molecule has 3 aromatic rings. The Balaban J connectivity index is 1.77. The van der Waals surface area contributed by atoms with Crippen molar-refractivity contribution in [3.05, 3.63) is 83.4 Å². The molecule has 2 N–H and O–H groups in total. The van der Waals surface area contributed by atoms with Crippen molar-refractivity contribution in [1.29, 1.82) is 0 Å². The van der Waals surface area contributed by atoms with E-state index in [4.69, 9.17) is 23.7 Å². The smallest absolute Gasteiger partial charge is 0.255 e. The van der Waals surface area contributed by atoms with Gasteiger partial charge in [-0.05, 0) is 48.5 Å². The van der Waals surface area contributed by atoms with E-state index in [0.717, 1.165) is 5.41 Å². The highest BCUT2D eigenvalue weighted by molar-refractivity contribution is 7.95. The van der Waals surface area contributed by atoms with Gasteiger partial charge in [0.2, 0.25) is 0 Å². The first-order chi connectivity index (χ1) is 18.7. The van der Waals surface area contributed by atoms with Crippen LogP contribution in [0.2, 0.25) is 0 Å². The number of carbonyl (C=O) groups excluding carboxylic acids is 1. The summed E-state index contributed by atoms with van der Waals surface area (Å²) < 4.78 is 54.6. The van der Waals surface area contributed by atoms with E-state index in [-0.39, 0.29) is 11.5 Å². The zero-order valence-corrected chi connectivity index (χ0v) is 23.0.